The predicted molar refractivity (Wildman–Crippen MR) is 91.5 cm³/mol. The van der Waals surface area contributed by atoms with E-state index in [-0.39, 0.29) is 17.8 Å². The number of methoxy groups -OCH3 is 1. The molecular formula is C18H22F3N3O3. The van der Waals surface area contributed by atoms with Crippen LogP contribution in [0.15, 0.2) is 28.8 Å². The van der Waals surface area contributed by atoms with Gasteiger partial charge in [-0.25, -0.2) is 0 Å². The molecule has 0 saturated carbocycles. The summed E-state index contributed by atoms with van der Waals surface area (Å²) in [6.07, 6.45) is -3.58. The van der Waals surface area contributed by atoms with E-state index in [9.17, 15) is 18.0 Å². The Hall–Kier alpha value is -2.42. The minimum Gasteiger partial charge on any atom is -0.384 e. The zero-order chi connectivity index (χ0) is 20.0. The number of benzene rings is 1. The smallest absolute Gasteiger partial charge is 0.384 e. The number of ether oxygens (including phenoxy) is 1. The van der Waals surface area contributed by atoms with E-state index in [1.165, 1.54) is 0 Å². The second kappa shape index (κ2) is 8.98. The van der Waals surface area contributed by atoms with Gasteiger partial charge in [-0.3, -0.25) is 4.79 Å². The van der Waals surface area contributed by atoms with Crippen molar-refractivity contribution in [2.75, 3.05) is 13.7 Å². The Balaban J connectivity index is 2.13. The van der Waals surface area contributed by atoms with E-state index in [0.717, 1.165) is 12.0 Å². The fourth-order valence-corrected chi connectivity index (χ4v) is 2.45. The molecule has 0 aliphatic heterocycles. The van der Waals surface area contributed by atoms with E-state index >= 15 is 0 Å². The SMILES string of the molecule is CCC(C)N(Cc1ccc(-c2noc(C(F)(F)F)n2)cc1)C(=O)CCOC. The molecule has 0 saturated heterocycles. The van der Waals surface area contributed by atoms with Crippen molar-refractivity contribution in [1.82, 2.24) is 15.0 Å². The summed E-state index contributed by atoms with van der Waals surface area (Å²) in [5, 5.41) is 3.36. The Kier molecular flexibility index (Phi) is 6.95. The third kappa shape index (κ3) is 5.53. The summed E-state index contributed by atoms with van der Waals surface area (Å²) in [5.74, 6) is -1.53. The highest BCUT2D eigenvalue weighted by Gasteiger charge is 2.38. The molecule has 1 atom stereocenters. The van der Waals surface area contributed by atoms with Crippen molar-refractivity contribution in [2.45, 2.75) is 45.5 Å². The number of carbonyl (C=O) groups excluding carboxylic acids is 1. The molecule has 1 unspecified atom stereocenters. The fourth-order valence-electron chi connectivity index (χ4n) is 2.45. The molecular weight excluding hydrogens is 363 g/mol. The summed E-state index contributed by atoms with van der Waals surface area (Å²) in [5.41, 5.74) is 1.25. The molecule has 9 heteroatoms. The molecule has 6 nitrogen and oxygen atoms in total. The standard InChI is InChI=1S/C18H22F3N3O3/c1-4-12(2)24(15(25)9-10-26-3)11-13-5-7-14(8-6-13)16-22-17(27-23-16)18(19,20)21/h5-8,12H,4,9-11H2,1-3H3. The molecule has 2 aromatic rings. The van der Waals surface area contributed by atoms with Gasteiger partial charge in [-0.15, -0.1) is 0 Å². The van der Waals surface area contributed by atoms with E-state index in [2.05, 4.69) is 14.7 Å². The Morgan fingerprint density at radius 3 is 2.48 bits per heavy atom. The van der Waals surface area contributed by atoms with Gasteiger partial charge in [0.05, 0.1) is 13.0 Å². The summed E-state index contributed by atoms with van der Waals surface area (Å²) in [7, 11) is 1.54. The number of nitrogens with zero attached hydrogens (tertiary/aromatic N) is 3. The van der Waals surface area contributed by atoms with Crippen LogP contribution in [0, 0.1) is 0 Å². The van der Waals surface area contributed by atoms with Crippen LogP contribution in [0.2, 0.25) is 0 Å². The van der Waals surface area contributed by atoms with Crippen molar-refractivity contribution in [3.63, 3.8) is 0 Å². The maximum absolute atomic E-state index is 12.6. The molecule has 148 valence electrons. The van der Waals surface area contributed by atoms with Gasteiger partial charge in [0.15, 0.2) is 0 Å². The highest BCUT2D eigenvalue weighted by atomic mass is 19.4. The number of hydrogen-bond acceptors (Lipinski definition) is 5. The fraction of sp³-hybridized carbons (Fsp3) is 0.500. The van der Waals surface area contributed by atoms with Gasteiger partial charge in [0.1, 0.15) is 0 Å². The number of rotatable bonds is 8. The Bertz CT molecular complexity index is 744. The maximum Gasteiger partial charge on any atom is 0.471 e. The van der Waals surface area contributed by atoms with Crippen LogP contribution in [-0.4, -0.2) is 40.7 Å². The maximum atomic E-state index is 12.6. The van der Waals surface area contributed by atoms with Crippen molar-refractivity contribution < 1.29 is 27.2 Å². The molecule has 0 N–H and O–H groups in total. The molecule has 0 fully saturated rings. The third-order valence-electron chi connectivity index (χ3n) is 4.20. The van der Waals surface area contributed by atoms with Crippen molar-refractivity contribution >= 4 is 5.91 Å². The van der Waals surface area contributed by atoms with Gasteiger partial charge in [-0.2, -0.15) is 18.2 Å². The predicted octanol–water partition coefficient (Wildman–Crippen LogP) is 3.92. The first-order chi connectivity index (χ1) is 12.8. The van der Waals surface area contributed by atoms with Gasteiger partial charge >= 0.3 is 12.1 Å². The zero-order valence-corrected chi connectivity index (χ0v) is 15.4. The minimum absolute atomic E-state index is 0.0109. The lowest BCUT2D eigenvalue weighted by molar-refractivity contribution is -0.159. The summed E-state index contributed by atoms with van der Waals surface area (Å²) in [4.78, 5) is 17.5. The van der Waals surface area contributed by atoms with Crippen LogP contribution < -0.4 is 0 Å². The Morgan fingerprint density at radius 2 is 1.96 bits per heavy atom. The number of alkyl halides is 3. The molecule has 0 aliphatic rings. The van der Waals surface area contributed by atoms with Gasteiger partial charge < -0.3 is 14.2 Å². The molecule has 2 rings (SSSR count). The largest absolute Gasteiger partial charge is 0.471 e. The van der Waals surface area contributed by atoms with Crippen LogP contribution in [0.4, 0.5) is 13.2 Å². The van der Waals surface area contributed by atoms with E-state index in [1.807, 2.05) is 13.8 Å². The molecule has 1 amide bonds. The monoisotopic (exact) mass is 385 g/mol. The van der Waals surface area contributed by atoms with Gasteiger partial charge in [0, 0.05) is 25.3 Å². The Labute approximate surface area is 155 Å². The van der Waals surface area contributed by atoms with Gasteiger partial charge in [-0.1, -0.05) is 36.3 Å². The van der Waals surface area contributed by atoms with Crippen molar-refractivity contribution in [3.05, 3.63) is 35.7 Å². The van der Waals surface area contributed by atoms with Crippen LogP contribution in [0.3, 0.4) is 0 Å². The van der Waals surface area contributed by atoms with Crippen molar-refractivity contribution in [3.8, 4) is 11.4 Å². The van der Waals surface area contributed by atoms with Crippen molar-refractivity contribution in [2.24, 2.45) is 0 Å². The van der Waals surface area contributed by atoms with Crippen LogP contribution in [0.1, 0.15) is 38.1 Å². The summed E-state index contributed by atoms with van der Waals surface area (Å²) in [6, 6.07) is 6.74. The summed E-state index contributed by atoms with van der Waals surface area (Å²) in [6.45, 7) is 4.72. The zero-order valence-electron chi connectivity index (χ0n) is 15.4. The second-order valence-electron chi connectivity index (χ2n) is 6.14. The number of amides is 1. The highest BCUT2D eigenvalue weighted by molar-refractivity contribution is 5.76. The molecule has 0 aliphatic carbocycles. The van der Waals surface area contributed by atoms with Gasteiger partial charge in [-0.05, 0) is 18.9 Å². The van der Waals surface area contributed by atoms with E-state index < -0.39 is 12.1 Å². The molecule has 0 radical (unpaired) electrons. The molecule has 1 heterocycles. The first-order valence-corrected chi connectivity index (χ1v) is 8.54. The second-order valence-corrected chi connectivity index (χ2v) is 6.14. The first-order valence-electron chi connectivity index (χ1n) is 8.54. The van der Waals surface area contributed by atoms with Crippen LogP contribution in [0.5, 0.6) is 0 Å². The van der Waals surface area contributed by atoms with E-state index in [0.29, 0.717) is 25.1 Å². The number of aromatic nitrogens is 2. The Morgan fingerprint density at radius 1 is 1.30 bits per heavy atom. The van der Waals surface area contributed by atoms with Crippen molar-refractivity contribution in [1.29, 1.82) is 0 Å². The summed E-state index contributed by atoms with van der Waals surface area (Å²) < 4.78 is 46.9. The number of halogens is 3. The quantitative estimate of drug-likeness (QED) is 0.689. The third-order valence-corrected chi connectivity index (χ3v) is 4.20. The highest BCUT2D eigenvalue weighted by Crippen LogP contribution is 2.29. The van der Waals surface area contributed by atoms with Gasteiger partial charge in [0.25, 0.3) is 0 Å². The summed E-state index contributed by atoms with van der Waals surface area (Å²) >= 11 is 0. The van der Waals surface area contributed by atoms with E-state index in [1.54, 1.807) is 36.3 Å². The molecule has 27 heavy (non-hydrogen) atoms. The first kappa shape index (κ1) is 20.9. The molecule has 1 aromatic heterocycles. The average Bonchev–Trinajstić information content (AvgIpc) is 3.14. The van der Waals surface area contributed by atoms with E-state index in [4.69, 9.17) is 4.74 Å². The van der Waals surface area contributed by atoms with Crippen LogP contribution in [-0.2, 0) is 22.3 Å². The minimum atomic E-state index is -4.68. The number of carbonyl (C=O) groups is 1. The normalized spacial score (nSPS) is 12.8. The number of hydrogen-bond donors (Lipinski definition) is 0. The topological polar surface area (TPSA) is 68.5 Å². The molecule has 1 aromatic carbocycles. The lowest BCUT2D eigenvalue weighted by Gasteiger charge is -2.29. The van der Waals surface area contributed by atoms with Crippen LogP contribution >= 0.6 is 0 Å². The average molecular weight is 385 g/mol. The lowest BCUT2D eigenvalue weighted by atomic mass is 10.1. The van der Waals surface area contributed by atoms with Crippen LogP contribution in [0.25, 0.3) is 11.4 Å². The lowest BCUT2D eigenvalue weighted by Crippen LogP contribution is -2.38. The molecule has 0 spiro atoms. The van der Waals surface area contributed by atoms with Gasteiger partial charge in [0.2, 0.25) is 11.7 Å². The molecule has 0 bridgehead atoms.